The molecule has 0 aliphatic rings. The van der Waals surface area contributed by atoms with Crippen LogP contribution in [0.15, 0.2) is 6.07 Å². The van der Waals surface area contributed by atoms with E-state index in [9.17, 15) is 13.2 Å². The standard InChI is InChI=1S/C7H4BF3O/c1-12-7-4(9)2-3(8)5(10)6(7)11/h2H,1H3. The van der Waals surface area contributed by atoms with E-state index in [2.05, 4.69) is 4.74 Å². The van der Waals surface area contributed by atoms with Crippen LogP contribution >= 0.6 is 0 Å². The van der Waals surface area contributed by atoms with Gasteiger partial charge in [0.25, 0.3) is 0 Å². The first kappa shape index (κ1) is 8.97. The van der Waals surface area contributed by atoms with Crippen LogP contribution in [0.25, 0.3) is 0 Å². The lowest BCUT2D eigenvalue weighted by atomic mass is 9.95. The number of methoxy groups -OCH3 is 1. The third kappa shape index (κ3) is 1.26. The smallest absolute Gasteiger partial charge is 0.203 e. The monoisotopic (exact) mass is 172 g/mol. The van der Waals surface area contributed by atoms with Crippen LogP contribution in [0.2, 0.25) is 0 Å². The van der Waals surface area contributed by atoms with Crippen molar-refractivity contribution in [2.45, 2.75) is 0 Å². The SMILES string of the molecule is [B]c1cc(F)c(OC)c(F)c1F. The fraction of sp³-hybridized carbons (Fsp3) is 0.143. The van der Waals surface area contributed by atoms with Gasteiger partial charge >= 0.3 is 0 Å². The molecule has 62 valence electrons. The van der Waals surface area contributed by atoms with Gasteiger partial charge in [0.2, 0.25) is 5.82 Å². The zero-order chi connectivity index (χ0) is 9.30. The summed E-state index contributed by atoms with van der Waals surface area (Å²) >= 11 is 0. The molecule has 0 atom stereocenters. The largest absolute Gasteiger partial charge is 0.491 e. The second-order valence-corrected chi connectivity index (χ2v) is 2.11. The van der Waals surface area contributed by atoms with Gasteiger partial charge in [0, 0.05) is 0 Å². The lowest BCUT2D eigenvalue weighted by Crippen LogP contribution is -2.13. The maximum absolute atomic E-state index is 12.7. The predicted octanol–water partition coefficient (Wildman–Crippen LogP) is 0.906. The van der Waals surface area contributed by atoms with Crippen LogP contribution in [0.5, 0.6) is 5.75 Å². The van der Waals surface area contributed by atoms with Crippen molar-refractivity contribution in [1.82, 2.24) is 0 Å². The van der Waals surface area contributed by atoms with Crippen molar-refractivity contribution in [3.05, 3.63) is 23.5 Å². The average Bonchev–Trinajstić information content (AvgIpc) is 2.01. The number of hydrogen-bond donors (Lipinski definition) is 0. The lowest BCUT2D eigenvalue weighted by molar-refractivity contribution is 0.348. The minimum atomic E-state index is -1.41. The van der Waals surface area contributed by atoms with E-state index in [1.54, 1.807) is 0 Å². The summed E-state index contributed by atoms with van der Waals surface area (Å²) in [5.41, 5.74) is -0.578. The fourth-order valence-electron chi connectivity index (χ4n) is 0.784. The summed E-state index contributed by atoms with van der Waals surface area (Å²) in [6.07, 6.45) is 0. The molecule has 1 aromatic rings. The van der Waals surface area contributed by atoms with Crippen molar-refractivity contribution in [3.8, 4) is 5.75 Å². The molecule has 0 saturated heterocycles. The van der Waals surface area contributed by atoms with E-state index in [-0.39, 0.29) is 0 Å². The zero-order valence-corrected chi connectivity index (χ0v) is 6.20. The van der Waals surface area contributed by atoms with Crippen LogP contribution < -0.4 is 10.2 Å². The minimum absolute atomic E-state index is 0.578. The van der Waals surface area contributed by atoms with Gasteiger partial charge in [0.05, 0.1) is 7.11 Å². The number of rotatable bonds is 1. The van der Waals surface area contributed by atoms with Crippen molar-refractivity contribution in [3.63, 3.8) is 0 Å². The summed E-state index contributed by atoms with van der Waals surface area (Å²) in [6, 6.07) is 0.664. The molecule has 0 fully saturated rings. The predicted molar refractivity (Wildman–Crippen MR) is 38.3 cm³/mol. The first-order valence-corrected chi connectivity index (χ1v) is 3.05. The summed E-state index contributed by atoms with van der Waals surface area (Å²) in [6.45, 7) is 0. The molecule has 12 heavy (non-hydrogen) atoms. The highest BCUT2D eigenvalue weighted by atomic mass is 19.2. The molecule has 1 nitrogen and oxygen atoms in total. The first-order chi connectivity index (χ1) is 5.57. The van der Waals surface area contributed by atoms with Crippen molar-refractivity contribution in [2.24, 2.45) is 0 Å². The highest BCUT2D eigenvalue weighted by Crippen LogP contribution is 2.21. The normalized spacial score (nSPS) is 10.0. The molecule has 0 saturated carbocycles. The third-order valence-corrected chi connectivity index (χ3v) is 1.35. The van der Waals surface area contributed by atoms with Gasteiger partial charge in [-0.15, -0.1) is 0 Å². The summed E-state index contributed by atoms with van der Waals surface area (Å²) < 4.78 is 42.3. The Balaban J connectivity index is 3.40. The Hall–Kier alpha value is -1.13. The molecule has 1 rings (SSSR count). The molecule has 1 aromatic carbocycles. The molecule has 0 bridgehead atoms. The quantitative estimate of drug-likeness (QED) is 0.451. The Bertz CT molecular complexity index is 314. The maximum atomic E-state index is 12.7. The molecule has 5 heteroatoms. The van der Waals surface area contributed by atoms with Crippen molar-refractivity contribution < 1.29 is 17.9 Å². The minimum Gasteiger partial charge on any atom is -0.491 e. The van der Waals surface area contributed by atoms with Crippen molar-refractivity contribution >= 4 is 13.3 Å². The summed E-state index contributed by atoms with van der Waals surface area (Å²) in [5, 5.41) is 0. The van der Waals surface area contributed by atoms with Gasteiger partial charge in [-0.05, 0) is 6.07 Å². The molecular formula is C7H4BF3O. The molecule has 0 heterocycles. The van der Waals surface area contributed by atoms with Crippen LogP contribution in [-0.4, -0.2) is 15.0 Å². The van der Waals surface area contributed by atoms with Crippen LogP contribution in [0, 0.1) is 17.5 Å². The summed E-state index contributed by atoms with van der Waals surface area (Å²) in [7, 11) is 5.97. The molecule has 2 radical (unpaired) electrons. The number of ether oxygens (including phenoxy) is 1. The van der Waals surface area contributed by atoms with Gasteiger partial charge in [-0.3, -0.25) is 0 Å². The Morgan fingerprint density at radius 1 is 1.25 bits per heavy atom. The average molecular weight is 172 g/mol. The molecule has 0 aromatic heterocycles. The van der Waals surface area contributed by atoms with E-state index >= 15 is 0 Å². The van der Waals surface area contributed by atoms with E-state index in [4.69, 9.17) is 7.85 Å². The molecule has 0 N–H and O–H groups in total. The fourth-order valence-corrected chi connectivity index (χ4v) is 0.784. The van der Waals surface area contributed by atoms with Crippen LogP contribution in [0.3, 0.4) is 0 Å². The lowest BCUT2D eigenvalue weighted by Gasteiger charge is -2.05. The highest BCUT2D eigenvalue weighted by Gasteiger charge is 2.16. The molecule has 0 amide bonds. The Labute approximate surface area is 68.6 Å². The van der Waals surface area contributed by atoms with E-state index < -0.39 is 28.7 Å². The summed E-state index contributed by atoms with van der Waals surface area (Å²) in [5.74, 6) is -4.49. The Morgan fingerprint density at radius 2 is 1.83 bits per heavy atom. The Kier molecular flexibility index (Phi) is 2.31. The second-order valence-electron chi connectivity index (χ2n) is 2.11. The molecular weight excluding hydrogens is 168 g/mol. The molecule has 0 unspecified atom stereocenters. The van der Waals surface area contributed by atoms with Gasteiger partial charge in [-0.25, -0.2) is 8.78 Å². The molecule has 0 aliphatic carbocycles. The van der Waals surface area contributed by atoms with Crippen molar-refractivity contribution in [1.29, 1.82) is 0 Å². The summed E-state index contributed by atoms with van der Waals surface area (Å²) in [4.78, 5) is 0. The second kappa shape index (κ2) is 3.09. The van der Waals surface area contributed by atoms with Crippen LogP contribution in [0.4, 0.5) is 13.2 Å². The number of hydrogen-bond acceptors (Lipinski definition) is 1. The number of halogens is 3. The zero-order valence-electron chi connectivity index (χ0n) is 6.20. The van der Waals surface area contributed by atoms with Gasteiger partial charge < -0.3 is 4.74 Å². The van der Waals surface area contributed by atoms with Gasteiger partial charge in [-0.2, -0.15) is 4.39 Å². The van der Waals surface area contributed by atoms with Crippen molar-refractivity contribution in [2.75, 3.05) is 7.11 Å². The number of benzene rings is 1. The molecule has 0 aliphatic heterocycles. The van der Waals surface area contributed by atoms with Crippen LogP contribution in [-0.2, 0) is 0 Å². The van der Waals surface area contributed by atoms with E-state index in [1.165, 1.54) is 0 Å². The maximum Gasteiger partial charge on any atom is 0.203 e. The molecule has 0 spiro atoms. The van der Waals surface area contributed by atoms with Crippen LogP contribution in [0.1, 0.15) is 0 Å². The van der Waals surface area contributed by atoms with E-state index in [0.717, 1.165) is 7.11 Å². The van der Waals surface area contributed by atoms with Gasteiger partial charge in [-0.1, -0.05) is 5.46 Å². The third-order valence-electron chi connectivity index (χ3n) is 1.35. The first-order valence-electron chi connectivity index (χ1n) is 3.05. The van der Waals surface area contributed by atoms with E-state index in [1.807, 2.05) is 0 Å². The van der Waals surface area contributed by atoms with Gasteiger partial charge in [0.15, 0.2) is 17.4 Å². The highest BCUT2D eigenvalue weighted by molar-refractivity contribution is 6.32. The van der Waals surface area contributed by atoms with E-state index in [0.29, 0.717) is 6.07 Å². The van der Waals surface area contributed by atoms with Gasteiger partial charge in [0.1, 0.15) is 7.85 Å². The topological polar surface area (TPSA) is 9.23 Å². The Morgan fingerprint density at radius 3 is 2.33 bits per heavy atom.